The topological polar surface area (TPSA) is 38.9 Å². The number of aromatic nitrogens is 1. The highest BCUT2D eigenvalue weighted by atomic mass is 32.1. The molecular formula is C8H11F3N2S. The summed E-state index contributed by atoms with van der Waals surface area (Å²) in [6.07, 6.45) is -3.01. The Morgan fingerprint density at radius 2 is 2.07 bits per heavy atom. The zero-order valence-electron chi connectivity index (χ0n) is 7.69. The normalized spacial score (nSPS) is 12.1. The van der Waals surface area contributed by atoms with Gasteiger partial charge in [0, 0.05) is 6.54 Å². The van der Waals surface area contributed by atoms with Gasteiger partial charge in [-0.05, 0) is 12.8 Å². The molecule has 6 heteroatoms. The van der Waals surface area contributed by atoms with Crippen LogP contribution in [0.1, 0.15) is 28.9 Å². The molecule has 0 aliphatic heterocycles. The third-order valence-electron chi connectivity index (χ3n) is 1.66. The maximum Gasteiger partial charge on any atom is 0.434 e. The van der Waals surface area contributed by atoms with E-state index in [1.807, 2.05) is 6.92 Å². The van der Waals surface area contributed by atoms with Crippen molar-refractivity contribution in [2.45, 2.75) is 32.5 Å². The van der Waals surface area contributed by atoms with Gasteiger partial charge < -0.3 is 5.73 Å². The van der Waals surface area contributed by atoms with Crippen LogP contribution in [0.2, 0.25) is 0 Å². The summed E-state index contributed by atoms with van der Waals surface area (Å²) in [5.74, 6) is 0. The molecule has 0 saturated heterocycles. The highest BCUT2D eigenvalue weighted by Crippen LogP contribution is 2.34. The molecule has 0 bridgehead atoms. The van der Waals surface area contributed by atoms with Crippen LogP contribution in [0.3, 0.4) is 0 Å². The molecule has 80 valence electrons. The second kappa shape index (κ2) is 4.27. The fourth-order valence-electron chi connectivity index (χ4n) is 1.08. The summed E-state index contributed by atoms with van der Waals surface area (Å²) in [7, 11) is 0. The molecule has 0 radical (unpaired) electrons. The highest BCUT2D eigenvalue weighted by molar-refractivity contribution is 7.11. The molecule has 2 N–H and O–H groups in total. The first-order chi connectivity index (χ1) is 6.49. The second-order valence-electron chi connectivity index (χ2n) is 2.83. The van der Waals surface area contributed by atoms with Crippen molar-refractivity contribution < 1.29 is 13.2 Å². The van der Waals surface area contributed by atoms with Crippen LogP contribution in [0.4, 0.5) is 13.2 Å². The Labute approximate surface area is 84.0 Å². The van der Waals surface area contributed by atoms with Crippen LogP contribution in [0.5, 0.6) is 0 Å². The maximum absolute atomic E-state index is 12.4. The van der Waals surface area contributed by atoms with Gasteiger partial charge in [0.15, 0.2) is 5.69 Å². The molecule has 0 unspecified atom stereocenters. The highest BCUT2D eigenvalue weighted by Gasteiger charge is 2.36. The third kappa shape index (κ3) is 2.45. The largest absolute Gasteiger partial charge is 0.434 e. The minimum absolute atomic E-state index is 0.101. The number of alkyl halides is 3. The summed E-state index contributed by atoms with van der Waals surface area (Å²) in [4.78, 5) is 3.68. The van der Waals surface area contributed by atoms with Crippen molar-refractivity contribution in [3.8, 4) is 0 Å². The van der Waals surface area contributed by atoms with E-state index in [-0.39, 0.29) is 11.4 Å². The van der Waals surface area contributed by atoms with E-state index in [1.165, 1.54) is 0 Å². The van der Waals surface area contributed by atoms with Crippen molar-refractivity contribution in [1.29, 1.82) is 0 Å². The first-order valence-electron chi connectivity index (χ1n) is 4.24. The molecule has 2 nitrogen and oxygen atoms in total. The molecule has 0 amide bonds. The van der Waals surface area contributed by atoms with E-state index < -0.39 is 11.9 Å². The summed E-state index contributed by atoms with van der Waals surface area (Å²) in [5.41, 5.74) is 4.42. The van der Waals surface area contributed by atoms with E-state index in [9.17, 15) is 13.2 Å². The lowest BCUT2D eigenvalue weighted by Gasteiger charge is -2.03. The van der Waals surface area contributed by atoms with Gasteiger partial charge in [0.1, 0.15) is 0 Å². The summed E-state index contributed by atoms with van der Waals surface area (Å²) in [6, 6.07) is 0. The standard InChI is InChI=1S/C8H11F3N2S/c1-2-3-6-13-7(8(9,10)11)5(4-12)14-6/h2-4,12H2,1H3. The number of hydrogen-bond donors (Lipinski definition) is 1. The Morgan fingerprint density at radius 1 is 1.43 bits per heavy atom. The molecule has 1 aromatic rings. The van der Waals surface area contributed by atoms with E-state index in [2.05, 4.69) is 4.98 Å². The van der Waals surface area contributed by atoms with Gasteiger partial charge in [0.05, 0.1) is 9.88 Å². The smallest absolute Gasteiger partial charge is 0.326 e. The molecule has 0 aliphatic rings. The molecular weight excluding hydrogens is 213 g/mol. The van der Waals surface area contributed by atoms with Crippen LogP contribution in [-0.4, -0.2) is 4.98 Å². The Kier molecular flexibility index (Phi) is 3.49. The van der Waals surface area contributed by atoms with Crippen LogP contribution >= 0.6 is 11.3 Å². The quantitative estimate of drug-likeness (QED) is 0.857. The van der Waals surface area contributed by atoms with E-state index in [0.717, 1.165) is 17.8 Å². The van der Waals surface area contributed by atoms with E-state index in [0.29, 0.717) is 11.4 Å². The Morgan fingerprint density at radius 3 is 2.43 bits per heavy atom. The fourth-order valence-corrected chi connectivity index (χ4v) is 2.15. The van der Waals surface area contributed by atoms with Crippen molar-refractivity contribution in [3.05, 3.63) is 15.6 Å². The molecule has 0 aromatic carbocycles. The number of thiazole rings is 1. The Hall–Kier alpha value is -0.620. The SMILES string of the molecule is CCCc1nc(C(F)(F)F)c(CN)s1. The van der Waals surface area contributed by atoms with Gasteiger partial charge in [-0.1, -0.05) is 6.92 Å². The molecule has 0 saturated carbocycles. The summed E-state index contributed by atoms with van der Waals surface area (Å²) < 4.78 is 37.1. The zero-order valence-corrected chi connectivity index (χ0v) is 8.50. The number of rotatable bonds is 3. The number of nitrogens with two attached hydrogens (primary N) is 1. The van der Waals surface area contributed by atoms with Gasteiger partial charge in [-0.25, -0.2) is 4.98 Å². The summed E-state index contributed by atoms with van der Waals surface area (Å²) in [6.45, 7) is 1.80. The lowest BCUT2D eigenvalue weighted by Crippen LogP contribution is -2.10. The molecule has 14 heavy (non-hydrogen) atoms. The zero-order chi connectivity index (χ0) is 10.8. The summed E-state index contributed by atoms with van der Waals surface area (Å²) >= 11 is 1.05. The number of nitrogens with zero attached hydrogens (tertiary/aromatic N) is 1. The van der Waals surface area contributed by atoms with E-state index >= 15 is 0 Å². The lowest BCUT2D eigenvalue weighted by molar-refractivity contribution is -0.141. The van der Waals surface area contributed by atoms with Crippen molar-refractivity contribution in [2.24, 2.45) is 5.73 Å². The molecule has 0 atom stereocenters. The van der Waals surface area contributed by atoms with Crippen LogP contribution in [0.15, 0.2) is 0 Å². The Balaban J connectivity index is 3.02. The monoisotopic (exact) mass is 224 g/mol. The van der Waals surface area contributed by atoms with Gasteiger partial charge >= 0.3 is 6.18 Å². The van der Waals surface area contributed by atoms with Crippen LogP contribution in [-0.2, 0) is 19.1 Å². The van der Waals surface area contributed by atoms with Crippen LogP contribution in [0, 0.1) is 0 Å². The van der Waals surface area contributed by atoms with Gasteiger partial charge in [-0.2, -0.15) is 13.2 Å². The molecule has 1 aromatic heterocycles. The third-order valence-corrected chi connectivity index (χ3v) is 2.80. The molecule has 0 spiro atoms. The number of halogens is 3. The fraction of sp³-hybridized carbons (Fsp3) is 0.625. The van der Waals surface area contributed by atoms with E-state index in [1.54, 1.807) is 0 Å². The van der Waals surface area contributed by atoms with Crippen LogP contribution in [0.25, 0.3) is 0 Å². The minimum atomic E-state index is -4.38. The second-order valence-corrected chi connectivity index (χ2v) is 4.00. The average molecular weight is 224 g/mol. The van der Waals surface area contributed by atoms with Gasteiger partial charge in [0.25, 0.3) is 0 Å². The van der Waals surface area contributed by atoms with Crippen molar-refractivity contribution in [1.82, 2.24) is 4.98 Å². The van der Waals surface area contributed by atoms with Crippen molar-refractivity contribution in [2.75, 3.05) is 0 Å². The first kappa shape index (κ1) is 11.5. The van der Waals surface area contributed by atoms with Gasteiger partial charge in [-0.15, -0.1) is 11.3 Å². The van der Waals surface area contributed by atoms with Crippen molar-refractivity contribution in [3.63, 3.8) is 0 Å². The molecule has 1 heterocycles. The Bertz CT molecular complexity index is 306. The first-order valence-corrected chi connectivity index (χ1v) is 5.06. The summed E-state index contributed by atoms with van der Waals surface area (Å²) in [5, 5.41) is 0.514. The number of aryl methyl sites for hydroxylation is 1. The van der Waals surface area contributed by atoms with E-state index in [4.69, 9.17) is 5.73 Å². The number of hydrogen-bond acceptors (Lipinski definition) is 3. The minimum Gasteiger partial charge on any atom is -0.326 e. The molecule has 1 rings (SSSR count). The van der Waals surface area contributed by atoms with Gasteiger partial charge in [-0.3, -0.25) is 0 Å². The van der Waals surface area contributed by atoms with Crippen LogP contribution < -0.4 is 5.73 Å². The lowest BCUT2D eigenvalue weighted by atomic mass is 10.3. The predicted molar refractivity (Wildman–Crippen MR) is 49.0 cm³/mol. The van der Waals surface area contributed by atoms with Gasteiger partial charge in [0.2, 0.25) is 0 Å². The molecule has 0 aliphatic carbocycles. The van der Waals surface area contributed by atoms with Crippen molar-refractivity contribution >= 4 is 11.3 Å². The average Bonchev–Trinajstić information content (AvgIpc) is 2.47. The maximum atomic E-state index is 12.4. The predicted octanol–water partition coefficient (Wildman–Crippen LogP) is 2.57. The molecule has 0 fully saturated rings.